The van der Waals surface area contributed by atoms with E-state index >= 15 is 0 Å². The van der Waals surface area contributed by atoms with Crippen molar-refractivity contribution in [1.29, 1.82) is 0 Å². The second kappa shape index (κ2) is 6.11. The van der Waals surface area contributed by atoms with Crippen molar-refractivity contribution in [1.82, 2.24) is 0 Å². The first-order valence-corrected chi connectivity index (χ1v) is 8.84. The Morgan fingerprint density at radius 2 is 1.76 bits per heavy atom. The van der Waals surface area contributed by atoms with Gasteiger partial charge in [0.1, 0.15) is 18.0 Å². The molecule has 0 aliphatic carbocycles. The lowest BCUT2D eigenvalue weighted by Gasteiger charge is -2.43. The first kappa shape index (κ1) is 16.6. The Morgan fingerprint density at radius 1 is 1.00 bits per heavy atom. The van der Waals surface area contributed by atoms with Gasteiger partial charge in [0.05, 0.1) is 19.3 Å². The van der Waals surface area contributed by atoms with E-state index in [0.717, 1.165) is 11.3 Å². The predicted molar refractivity (Wildman–Crippen MR) is 96.3 cm³/mol. The average Bonchev–Trinajstić information content (AvgIpc) is 2.60. The molecule has 0 spiro atoms. The molecule has 2 aliphatic heterocycles. The summed E-state index contributed by atoms with van der Waals surface area (Å²) < 4.78 is 26.5. The maximum Gasteiger partial charge on any atom is 0.128 e. The van der Waals surface area contributed by atoms with Gasteiger partial charge in [-0.05, 0) is 23.1 Å². The number of benzene rings is 2. The molecule has 1 saturated heterocycles. The summed E-state index contributed by atoms with van der Waals surface area (Å²) in [6.07, 6.45) is -0.426. The number of hydrogen-bond donors (Lipinski definition) is 1. The van der Waals surface area contributed by atoms with Gasteiger partial charge >= 0.3 is 0 Å². The van der Waals surface area contributed by atoms with Crippen LogP contribution in [0.15, 0.2) is 42.5 Å². The zero-order valence-corrected chi connectivity index (χ0v) is 14.9. The van der Waals surface area contributed by atoms with Crippen molar-refractivity contribution in [3.05, 3.63) is 65.0 Å². The van der Waals surface area contributed by atoms with Crippen LogP contribution in [0.3, 0.4) is 0 Å². The molecule has 0 bridgehead atoms. The van der Waals surface area contributed by atoms with Crippen LogP contribution in [0, 0.1) is 5.82 Å². The van der Waals surface area contributed by atoms with Gasteiger partial charge in [-0.2, -0.15) is 0 Å². The summed E-state index contributed by atoms with van der Waals surface area (Å²) in [5, 5.41) is 3.49. The maximum absolute atomic E-state index is 14.4. The Bertz CT molecular complexity index is 784. The minimum atomic E-state index is -0.264. The Balaban J connectivity index is 1.79. The third kappa shape index (κ3) is 2.94. The van der Waals surface area contributed by atoms with Gasteiger partial charge in [-0.25, -0.2) is 4.39 Å². The van der Waals surface area contributed by atoms with Crippen LogP contribution in [0.5, 0.6) is 0 Å². The van der Waals surface area contributed by atoms with Gasteiger partial charge in [0, 0.05) is 16.8 Å². The Kier molecular flexibility index (Phi) is 4.05. The standard InChI is InChI=1S/C21H24FNO2/c1-21(2,3)13-8-9-17-15(12-13)19-20(25-11-10-24-19)18(23-17)14-6-4-5-7-16(14)22/h4-9,12,18-20,23H,10-11H2,1-3H3/t18-,19+,20-/m1/s1. The number of hydrogen-bond acceptors (Lipinski definition) is 3. The molecule has 1 N–H and O–H groups in total. The van der Waals surface area contributed by atoms with Crippen LogP contribution in [0.1, 0.15) is 49.6 Å². The number of anilines is 1. The zero-order valence-electron chi connectivity index (χ0n) is 14.9. The molecule has 1 fully saturated rings. The van der Waals surface area contributed by atoms with Crippen LogP contribution < -0.4 is 5.32 Å². The van der Waals surface area contributed by atoms with E-state index in [0.29, 0.717) is 18.8 Å². The summed E-state index contributed by atoms with van der Waals surface area (Å²) in [6, 6.07) is 13.0. The molecule has 3 nitrogen and oxygen atoms in total. The highest BCUT2D eigenvalue weighted by atomic mass is 19.1. The number of rotatable bonds is 1. The quantitative estimate of drug-likeness (QED) is 0.812. The van der Waals surface area contributed by atoms with Gasteiger partial charge in [-0.3, -0.25) is 0 Å². The molecule has 3 atom stereocenters. The number of ether oxygens (including phenoxy) is 2. The van der Waals surface area contributed by atoms with Gasteiger partial charge in [0.2, 0.25) is 0 Å². The molecule has 0 unspecified atom stereocenters. The SMILES string of the molecule is CC(C)(C)c1ccc2c(c1)[C@@H]1OCCO[C@@H]1[C@@H](c1ccccc1F)N2. The summed E-state index contributed by atoms with van der Waals surface area (Å²) in [4.78, 5) is 0. The van der Waals surface area contributed by atoms with E-state index < -0.39 is 0 Å². The molecular formula is C21H24FNO2. The summed E-state index contributed by atoms with van der Waals surface area (Å²) in [5.41, 5.74) is 4.03. The van der Waals surface area contributed by atoms with Gasteiger partial charge in [0.25, 0.3) is 0 Å². The number of nitrogens with one attached hydrogen (secondary N) is 1. The third-order valence-corrected chi connectivity index (χ3v) is 5.09. The van der Waals surface area contributed by atoms with Crippen molar-refractivity contribution in [3.8, 4) is 0 Å². The van der Waals surface area contributed by atoms with E-state index in [9.17, 15) is 4.39 Å². The van der Waals surface area contributed by atoms with E-state index in [1.165, 1.54) is 11.6 Å². The minimum absolute atomic E-state index is 0.0580. The molecule has 25 heavy (non-hydrogen) atoms. The van der Waals surface area contributed by atoms with Crippen LogP contribution >= 0.6 is 0 Å². The molecule has 2 aromatic rings. The number of halogens is 1. The monoisotopic (exact) mass is 341 g/mol. The van der Waals surface area contributed by atoms with Crippen molar-refractivity contribution in [2.45, 2.75) is 44.4 Å². The van der Waals surface area contributed by atoms with Gasteiger partial charge < -0.3 is 14.8 Å². The molecular weight excluding hydrogens is 317 g/mol. The largest absolute Gasteiger partial charge is 0.375 e. The van der Waals surface area contributed by atoms with Crippen molar-refractivity contribution in [3.63, 3.8) is 0 Å². The van der Waals surface area contributed by atoms with Crippen molar-refractivity contribution < 1.29 is 13.9 Å². The topological polar surface area (TPSA) is 30.5 Å². The summed E-state index contributed by atoms with van der Waals surface area (Å²) >= 11 is 0. The normalized spacial score (nSPS) is 25.7. The molecule has 132 valence electrons. The van der Waals surface area contributed by atoms with E-state index in [1.807, 2.05) is 12.1 Å². The highest BCUT2D eigenvalue weighted by Gasteiger charge is 2.42. The Labute approximate surface area is 148 Å². The average molecular weight is 341 g/mol. The molecule has 0 saturated carbocycles. The Morgan fingerprint density at radius 3 is 2.52 bits per heavy atom. The van der Waals surface area contributed by atoms with Crippen molar-refractivity contribution >= 4 is 5.69 Å². The van der Waals surface area contributed by atoms with Crippen LogP contribution in [0.4, 0.5) is 10.1 Å². The molecule has 2 aromatic carbocycles. The van der Waals surface area contributed by atoms with E-state index in [-0.39, 0.29) is 29.5 Å². The van der Waals surface area contributed by atoms with Crippen molar-refractivity contribution in [2.24, 2.45) is 0 Å². The van der Waals surface area contributed by atoms with Gasteiger partial charge in [-0.15, -0.1) is 0 Å². The molecule has 0 radical (unpaired) electrons. The zero-order chi connectivity index (χ0) is 17.6. The molecule has 0 amide bonds. The fraction of sp³-hybridized carbons (Fsp3) is 0.429. The third-order valence-electron chi connectivity index (χ3n) is 5.09. The lowest BCUT2D eigenvalue weighted by Crippen LogP contribution is -2.43. The smallest absolute Gasteiger partial charge is 0.128 e. The fourth-order valence-electron chi connectivity index (χ4n) is 3.71. The highest BCUT2D eigenvalue weighted by Crippen LogP contribution is 2.45. The second-order valence-corrected chi connectivity index (χ2v) is 7.82. The van der Waals surface area contributed by atoms with Crippen LogP contribution in [-0.4, -0.2) is 19.3 Å². The second-order valence-electron chi connectivity index (χ2n) is 7.82. The van der Waals surface area contributed by atoms with E-state index in [2.05, 4.69) is 44.3 Å². The number of fused-ring (bicyclic) bond motifs is 3. The lowest BCUT2D eigenvalue weighted by molar-refractivity contribution is -0.151. The first-order chi connectivity index (χ1) is 11.9. The van der Waals surface area contributed by atoms with Crippen molar-refractivity contribution in [2.75, 3.05) is 18.5 Å². The van der Waals surface area contributed by atoms with E-state index in [4.69, 9.17) is 9.47 Å². The van der Waals surface area contributed by atoms with Crippen LogP contribution in [-0.2, 0) is 14.9 Å². The maximum atomic E-state index is 14.4. The highest BCUT2D eigenvalue weighted by molar-refractivity contribution is 5.59. The molecule has 2 heterocycles. The minimum Gasteiger partial charge on any atom is -0.375 e. The van der Waals surface area contributed by atoms with E-state index in [1.54, 1.807) is 6.07 Å². The first-order valence-electron chi connectivity index (χ1n) is 8.84. The van der Waals surface area contributed by atoms with Gasteiger partial charge in [0.15, 0.2) is 0 Å². The van der Waals surface area contributed by atoms with Crippen LogP contribution in [0.25, 0.3) is 0 Å². The summed E-state index contributed by atoms with van der Waals surface area (Å²) in [7, 11) is 0. The summed E-state index contributed by atoms with van der Waals surface area (Å²) in [6.45, 7) is 7.68. The van der Waals surface area contributed by atoms with Crippen LogP contribution in [0.2, 0.25) is 0 Å². The lowest BCUT2D eigenvalue weighted by atomic mass is 9.82. The summed E-state index contributed by atoms with van der Waals surface area (Å²) in [5.74, 6) is -0.220. The van der Waals surface area contributed by atoms with Gasteiger partial charge in [-0.1, -0.05) is 51.1 Å². The predicted octanol–water partition coefficient (Wildman–Crippen LogP) is 4.75. The molecule has 4 rings (SSSR count). The fourth-order valence-corrected chi connectivity index (χ4v) is 3.71. The molecule has 0 aromatic heterocycles. The molecule has 2 aliphatic rings. The molecule has 4 heteroatoms. The Hall–Kier alpha value is -1.91.